The maximum absolute atomic E-state index is 5.85. The lowest BCUT2D eigenvalue weighted by atomic mass is 10.1. The van der Waals surface area contributed by atoms with E-state index in [2.05, 4.69) is 39.6 Å². The number of aromatic nitrogens is 6. The second-order valence-electron chi connectivity index (χ2n) is 5.44. The summed E-state index contributed by atoms with van der Waals surface area (Å²) in [6.07, 6.45) is 6.02. The number of rotatable bonds is 6. The molecule has 22 heavy (non-hydrogen) atoms. The fraction of sp³-hybridized carbons (Fsp3) is 0.429. The highest BCUT2D eigenvalue weighted by molar-refractivity contribution is 6.30. The van der Waals surface area contributed by atoms with Crippen LogP contribution in [0.4, 0.5) is 5.69 Å². The minimum Gasteiger partial charge on any atom is -0.382 e. The van der Waals surface area contributed by atoms with Crippen LogP contribution < -0.4 is 5.32 Å². The van der Waals surface area contributed by atoms with Crippen molar-refractivity contribution in [2.75, 3.05) is 11.9 Å². The smallest absolute Gasteiger partial charge is 0.200 e. The SMILES string of the molecule is CC(C)c1cc(NCCCn2cc(Cl)cn2)c2nncn2n1. The molecule has 8 heteroatoms. The van der Waals surface area contributed by atoms with Gasteiger partial charge in [-0.1, -0.05) is 25.4 Å². The lowest BCUT2D eigenvalue weighted by Crippen LogP contribution is -2.10. The third kappa shape index (κ3) is 3.19. The zero-order valence-electron chi connectivity index (χ0n) is 12.6. The van der Waals surface area contributed by atoms with Gasteiger partial charge < -0.3 is 5.32 Å². The van der Waals surface area contributed by atoms with Crippen LogP contribution in [0.1, 0.15) is 31.9 Å². The number of nitrogens with zero attached hydrogens (tertiary/aromatic N) is 6. The van der Waals surface area contributed by atoms with Crippen LogP contribution in [0.2, 0.25) is 5.02 Å². The molecule has 3 rings (SSSR count). The van der Waals surface area contributed by atoms with E-state index in [-0.39, 0.29) is 0 Å². The molecule has 0 aliphatic rings. The first kappa shape index (κ1) is 14.8. The summed E-state index contributed by atoms with van der Waals surface area (Å²) < 4.78 is 3.55. The predicted molar refractivity (Wildman–Crippen MR) is 85.2 cm³/mol. The summed E-state index contributed by atoms with van der Waals surface area (Å²) in [5, 5.41) is 20.8. The maximum Gasteiger partial charge on any atom is 0.200 e. The van der Waals surface area contributed by atoms with Crippen LogP contribution in [0.5, 0.6) is 0 Å². The Morgan fingerprint density at radius 3 is 2.95 bits per heavy atom. The molecule has 0 radical (unpaired) electrons. The Balaban J connectivity index is 1.66. The molecule has 0 saturated carbocycles. The number of aryl methyl sites for hydroxylation is 1. The molecule has 3 heterocycles. The van der Waals surface area contributed by atoms with Crippen LogP contribution in [0.3, 0.4) is 0 Å². The van der Waals surface area contributed by atoms with Crippen LogP contribution in [0.25, 0.3) is 5.65 Å². The average molecular weight is 320 g/mol. The molecule has 7 nitrogen and oxygen atoms in total. The molecule has 0 aromatic carbocycles. The summed E-state index contributed by atoms with van der Waals surface area (Å²) in [4.78, 5) is 0. The van der Waals surface area contributed by atoms with E-state index in [1.54, 1.807) is 17.0 Å². The standard InChI is InChI=1S/C14H18ClN7/c1-10(2)12-6-13(14-19-17-9-22(14)20-12)16-4-3-5-21-8-11(15)7-18-21/h6-10,16H,3-5H2,1-2H3. The van der Waals surface area contributed by atoms with Crippen LogP contribution in [-0.4, -0.2) is 36.1 Å². The molecule has 0 saturated heterocycles. The van der Waals surface area contributed by atoms with Crippen molar-refractivity contribution >= 4 is 22.9 Å². The van der Waals surface area contributed by atoms with Crippen molar-refractivity contribution in [2.24, 2.45) is 0 Å². The van der Waals surface area contributed by atoms with Gasteiger partial charge in [-0.3, -0.25) is 4.68 Å². The molecule has 0 aliphatic carbocycles. The molecule has 0 bridgehead atoms. The summed E-state index contributed by atoms with van der Waals surface area (Å²) in [6.45, 7) is 5.85. The van der Waals surface area contributed by atoms with Gasteiger partial charge in [0, 0.05) is 19.3 Å². The lowest BCUT2D eigenvalue weighted by molar-refractivity contribution is 0.591. The third-order valence-corrected chi connectivity index (χ3v) is 3.55. The third-order valence-electron chi connectivity index (χ3n) is 3.36. The van der Waals surface area contributed by atoms with Gasteiger partial charge in [-0.05, 0) is 18.4 Å². The van der Waals surface area contributed by atoms with E-state index in [9.17, 15) is 0 Å². The molecule has 116 valence electrons. The summed E-state index contributed by atoms with van der Waals surface area (Å²) in [5.74, 6) is 0.346. The topological polar surface area (TPSA) is 72.9 Å². The van der Waals surface area contributed by atoms with E-state index in [1.165, 1.54) is 0 Å². The van der Waals surface area contributed by atoms with Crippen molar-refractivity contribution in [3.05, 3.63) is 35.5 Å². The normalized spacial score (nSPS) is 11.5. The monoisotopic (exact) mass is 319 g/mol. The summed E-state index contributed by atoms with van der Waals surface area (Å²) in [5.41, 5.74) is 2.70. The molecular formula is C14H18ClN7. The zero-order valence-corrected chi connectivity index (χ0v) is 13.3. The molecule has 3 aromatic heterocycles. The van der Waals surface area contributed by atoms with Gasteiger partial charge in [0.25, 0.3) is 0 Å². The second kappa shape index (κ2) is 6.31. The van der Waals surface area contributed by atoms with Crippen molar-refractivity contribution in [1.82, 2.24) is 29.6 Å². The van der Waals surface area contributed by atoms with Crippen molar-refractivity contribution in [3.8, 4) is 0 Å². The summed E-state index contributed by atoms with van der Waals surface area (Å²) >= 11 is 5.85. The van der Waals surface area contributed by atoms with E-state index < -0.39 is 0 Å². The summed E-state index contributed by atoms with van der Waals surface area (Å²) in [7, 11) is 0. The number of fused-ring (bicyclic) bond motifs is 1. The zero-order chi connectivity index (χ0) is 15.5. The number of hydrogen-bond acceptors (Lipinski definition) is 5. The Morgan fingerprint density at radius 1 is 1.36 bits per heavy atom. The first-order valence-electron chi connectivity index (χ1n) is 7.26. The Bertz CT molecular complexity index is 761. The molecule has 0 atom stereocenters. The fourth-order valence-electron chi connectivity index (χ4n) is 2.18. The van der Waals surface area contributed by atoms with Gasteiger partial charge in [0.05, 0.1) is 22.6 Å². The minimum atomic E-state index is 0.346. The minimum absolute atomic E-state index is 0.346. The molecule has 0 fully saturated rings. The number of anilines is 1. The fourth-order valence-corrected chi connectivity index (χ4v) is 2.34. The van der Waals surface area contributed by atoms with Crippen LogP contribution in [-0.2, 0) is 6.54 Å². The van der Waals surface area contributed by atoms with E-state index >= 15 is 0 Å². The maximum atomic E-state index is 5.85. The average Bonchev–Trinajstić information content (AvgIpc) is 3.11. The van der Waals surface area contributed by atoms with Crippen LogP contribution in [0.15, 0.2) is 24.8 Å². The van der Waals surface area contributed by atoms with Crippen molar-refractivity contribution in [3.63, 3.8) is 0 Å². The molecule has 1 N–H and O–H groups in total. The Labute approximate surface area is 133 Å². The van der Waals surface area contributed by atoms with Gasteiger partial charge in [-0.15, -0.1) is 10.2 Å². The predicted octanol–water partition coefficient (Wildman–Crippen LogP) is 2.60. The molecular weight excluding hydrogens is 302 g/mol. The van der Waals surface area contributed by atoms with Gasteiger partial charge >= 0.3 is 0 Å². The number of hydrogen-bond donors (Lipinski definition) is 1. The second-order valence-corrected chi connectivity index (χ2v) is 5.88. The van der Waals surface area contributed by atoms with Crippen molar-refractivity contribution < 1.29 is 0 Å². The molecule has 0 amide bonds. The van der Waals surface area contributed by atoms with Gasteiger partial charge in [0.1, 0.15) is 6.33 Å². The highest BCUT2D eigenvalue weighted by atomic mass is 35.5. The largest absolute Gasteiger partial charge is 0.382 e. The quantitative estimate of drug-likeness (QED) is 0.707. The van der Waals surface area contributed by atoms with E-state index in [4.69, 9.17) is 11.6 Å². The van der Waals surface area contributed by atoms with E-state index in [0.717, 1.165) is 36.5 Å². The van der Waals surface area contributed by atoms with Crippen molar-refractivity contribution in [2.45, 2.75) is 32.7 Å². The molecule has 3 aromatic rings. The summed E-state index contributed by atoms with van der Waals surface area (Å²) in [6, 6.07) is 2.04. The van der Waals surface area contributed by atoms with E-state index in [0.29, 0.717) is 10.9 Å². The van der Waals surface area contributed by atoms with Gasteiger partial charge in [0.15, 0.2) is 0 Å². The number of nitrogens with one attached hydrogen (secondary N) is 1. The first-order chi connectivity index (χ1) is 10.6. The van der Waals surface area contributed by atoms with Gasteiger partial charge in [-0.25, -0.2) is 0 Å². The highest BCUT2D eigenvalue weighted by Crippen LogP contribution is 2.20. The van der Waals surface area contributed by atoms with Crippen LogP contribution in [0, 0.1) is 0 Å². The molecule has 0 unspecified atom stereocenters. The number of halogens is 1. The Kier molecular flexibility index (Phi) is 4.24. The first-order valence-corrected chi connectivity index (χ1v) is 7.64. The molecule has 0 spiro atoms. The van der Waals surface area contributed by atoms with Crippen molar-refractivity contribution in [1.29, 1.82) is 0 Å². The van der Waals surface area contributed by atoms with Gasteiger partial charge in [0.2, 0.25) is 5.65 Å². The Morgan fingerprint density at radius 2 is 2.23 bits per heavy atom. The highest BCUT2D eigenvalue weighted by Gasteiger charge is 2.10. The Hall–Kier alpha value is -2.15. The van der Waals surface area contributed by atoms with Gasteiger partial charge in [-0.2, -0.15) is 14.7 Å². The molecule has 0 aliphatic heterocycles. The van der Waals surface area contributed by atoms with Crippen LogP contribution >= 0.6 is 11.6 Å². The lowest BCUT2D eigenvalue weighted by Gasteiger charge is -2.11. The van der Waals surface area contributed by atoms with E-state index in [1.807, 2.05) is 16.9 Å².